The van der Waals surface area contributed by atoms with Gasteiger partial charge in [-0.15, -0.1) is 0 Å². The fraction of sp³-hybridized carbons (Fsp3) is 0.733. The molecule has 23 heteroatoms. The van der Waals surface area contributed by atoms with E-state index in [9.17, 15) is 33.8 Å². The molecule has 3 rings (SSSR count). The van der Waals surface area contributed by atoms with Crippen molar-refractivity contribution < 1.29 is 77.9 Å². The molecular weight excluding hydrogens is 685 g/mol. The van der Waals surface area contributed by atoms with E-state index in [1.54, 1.807) is 22.6 Å². The predicted octanol–water partition coefficient (Wildman–Crippen LogP) is -5.23. The van der Waals surface area contributed by atoms with Gasteiger partial charge in [-0.25, -0.2) is 13.9 Å². The first-order valence-electron chi connectivity index (χ1n) is 10.1. The molecule has 220 valence electrons. The molecule has 0 radical (unpaired) electrons. The van der Waals surface area contributed by atoms with E-state index in [-0.39, 0.29) is 3.57 Å². The number of phosphoric ester groups is 1. The Morgan fingerprint density at radius 1 is 0.921 bits per heavy atom. The minimum Gasteiger partial charge on any atom is -0.394 e. The lowest BCUT2D eigenvalue weighted by Gasteiger charge is -2.37. The molecule has 1 unspecified atom stereocenters. The smallest absolute Gasteiger partial charge is 0.394 e. The van der Waals surface area contributed by atoms with Gasteiger partial charge in [0.05, 0.1) is 16.8 Å². The molecule has 2 fully saturated rings. The number of halogens is 1. The summed E-state index contributed by atoms with van der Waals surface area (Å²) in [5, 5.41) is 64.6. The van der Waals surface area contributed by atoms with E-state index in [0.29, 0.717) is 0 Å². The van der Waals surface area contributed by atoms with Crippen molar-refractivity contribution in [1.29, 1.82) is 0 Å². The molecule has 0 aromatic carbocycles. The monoisotopic (exact) mass is 710 g/mol. The molecule has 11 N–H and O–H groups in total. The van der Waals surface area contributed by atoms with E-state index in [4.69, 9.17) is 40.1 Å². The number of aromatic amines is 1. The molecule has 3 heterocycles. The molecule has 0 spiro atoms. The molecule has 0 saturated carbocycles. The lowest BCUT2D eigenvalue weighted by Crippen LogP contribution is -2.58. The normalized spacial score (nSPS) is 35.3. The number of aliphatic hydroxyl groups excluding tert-OH is 7. The van der Waals surface area contributed by atoms with Crippen LogP contribution in [0.1, 0.15) is 6.23 Å². The van der Waals surface area contributed by atoms with Crippen LogP contribution < -0.4 is 11.2 Å². The number of aromatic nitrogens is 2. The predicted molar refractivity (Wildman–Crippen MR) is 125 cm³/mol. The average molecular weight is 710 g/mol. The lowest BCUT2D eigenvalue weighted by atomic mass is 10.00. The van der Waals surface area contributed by atoms with Gasteiger partial charge in [0.15, 0.2) is 12.5 Å². The molecule has 0 amide bonds. The number of aliphatic hydroxyl groups is 7. The van der Waals surface area contributed by atoms with Crippen LogP contribution in [-0.4, -0.2) is 122 Å². The second-order valence-electron chi connectivity index (χ2n) is 7.75. The molecule has 0 aliphatic carbocycles. The maximum Gasteiger partial charge on any atom is 0.481 e. The number of nitrogens with zero attached hydrogens (tertiary/aromatic N) is 1. The highest BCUT2D eigenvalue weighted by atomic mass is 127. The molecule has 20 nitrogen and oxygen atoms in total. The van der Waals surface area contributed by atoms with Crippen LogP contribution in [0.3, 0.4) is 0 Å². The molecule has 2 aliphatic heterocycles. The molecular formula is C15H25IN2O18P2. The van der Waals surface area contributed by atoms with Crippen molar-refractivity contribution in [3.63, 3.8) is 0 Å². The molecule has 2 saturated heterocycles. The highest BCUT2D eigenvalue weighted by molar-refractivity contribution is 14.1. The summed E-state index contributed by atoms with van der Waals surface area (Å²) in [6, 6.07) is 0. The Morgan fingerprint density at radius 2 is 1.50 bits per heavy atom. The van der Waals surface area contributed by atoms with Gasteiger partial charge in [0.1, 0.15) is 42.7 Å². The zero-order chi connectivity index (χ0) is 29.2. The fourth-order valence-electron chi connectivity index (χ4n) is 3.15. The van der Waals surface area contributed by atoms with Crippen molar-refractivity contribution in [2.24, 2.45) is 0 Å². The first kappa shape index (κ1) is 33.5. The molecule has 0 bridgehead atoms. The van der Waals surface area contributed by atoms with Crippen LogP contribution in [0.2, 0.25) is 0 Å². The second-order valence-corrected chi connectivity index (χ2v) is 11.7. The summed E-state index contributed by atoms with van der Waals surface area (Å²) >= 11 is 1.62. The molecule has 2 aliphatic rings. The third kappa shape index (κ3) is 8.65. The van der Waals surface area contributed by atoms with Gasteiger partial charge in [-0.2, -0.15) is 4.31 Å². The Kier molecular flexibility index (Phi) is 11.7. The van der Waals surface area contributed by atoms with Crippen molar-refractivity contribution in [3.8, 4) is 0 Å². The number of phosphoric acid groups is 2. The van der Waals surface area contributed by atoms with Crippen LogP contribution in [0.15, 0.2) is 15.8 Å². The summed E-state index contributed by atoms with van der Waals surface area (Å²) in [5.74, 6) is 0. The summed E-state index contributed by atoms with van der Waals surface area (Å²) in [5.41, 5.74) is -1.61. The zero-order valence-corrected chi connectivity index (χ0v) is 22.6. The van der Waals surface area contributed by atoms with Crippen LogP contribution in [0.4, 0.5) is 0 Å². The number of H-pyrrole nitrogens is 1. The summed E-state index contributed by atoms with van der Waals surface area (Å²) < 4.78 is 40.5. The van der Waals surface area contributed by atoms with E-state index >= 15 is 0 Å². The summed E-state index contributed by atoms with van der Waals surface area (Å²) in [6.45, 7) is -1.43. The van der Waals surface area contributed by atoms with E-state index in [2.05, 4.69) is 13.6 Å². The first-order chi connectivity index (χ1) is 17.4. The fourth-order valence-corrected chi connectivity index (χ4v) is 5.19. The van der Waals surface area contributed by atoms with Gasteiger partial charge in [-0.1, -0.05) is 0 Å². The van der Waals surface area contributed by atoms with E-state index in [0.717, 1.165) is 10.8 Å². The Bertz CT molecular complexity index is 1150. The van der Waals surface area contributed by atoms with Crippen molar-refractivity contribution in [2.45, 2.75) is 55.2 Å². The summed E-state index contributed by atoms with van der Waals surface area (Å²) in [7, 11) is -10.5. The van der Waals surface area contributed by atoms with Gasteiger partial charge in [-0.3, -0.25) is 18.9 Å². The second kappa shape index (κ2) is 13.3. The molecule has 1 aromatic heterocycles. The van der Waals surface area contributed by atoms with Crippen LogP contribution in [0.25, 0.3) is 0 Å². The van der Waals surface area contributed by atoms with E-state index in [1.807, 2.05) is 4.98 Å². The third-order valence-electron chi connectivity index (χ3n) is 5.01. The standard InChI is InChI=1S/C9H13IN2O12P2.C6H12O6/c10-3-1-12(9(16)11-7(3)15)8-6(14)5(13)4(23-8)2-22-26(20,21)24-25(17,18)19;7-1-2-3(8)4(9)5(10)6(11)12-2/h1,4-6,8,13-14H,2H2,(H,20,21)(H,11,15,16)(H2,17,18,19);2-11H,1H2/t4-,5-,6-,8-;2-,3+,4+,5-,6+/m11/s1. The van der Waals surface area contributed by atoms with Gasteiger partial charge < -0.3 is 59.9 Å². The highest BCUT2D eigenvalue weighted by Gasteiger charge is 2.46. The van der Waals surface area contributed by atoms with Crippen molar-refractivity contribution in [3.05, 3.63) is 30.6 Å². The first-order valence-corrected chi connectivity index (χ1v) is 14.2. The Hall–Kier alpha value is -0.690. The van der Waals surface area contributed by atoms with Gasteiger partial charge >= 0.3 is 21.3 Å². The van der Waals surface area contributed by atoms with Gasteiger partial charge in [0.25, 0.3) is 5.56 Å². The minimum absolute atomic E-state index is 0.0853. The van der Waals surface area contributed by atoms with Crippen LogP contribution in [0.5, 0.6) is 0 Å². The maximum absolute atomic E-state index is 11.8. The Balaban J connectivity index is 0.000000352. The van der Waals surface area contributed by atoms with Crippen LogP contribution >= 0.6 is 38.2 Å². The van der Waals surface area contributed by atoms with Crippen LogP contribution in [0, 0.1) is 3.57 Å². The minimum atomic E-state index is -5.32. The largest absolute Gasteiger partial charge is 0.481 e. The number of hydrogen-bond donors (Lipinski definition) is 11. The Morgan fingerprint density at radius 3 is 2.05 bits per heavy atom. The molecule has 38 heavy (non-hydrogen) atoms. The quantitative estimate of drug-likeness (QED) is 0.0930. The van der Waals surface area contributed by atoms with Gasteiger partial charge in [-0.05, 0) is 22.6 Å². The molecule has 10 atom stereocenters. The number of nitrogens with one attached hydrogen (secondary N) is 1. The SMILES string of the molecule is O=c1[nH]c(=O)n([C@@H]2O[C@H](COP(=O)(O)OP(=O)(O)O)[C@@H](O)[C@H]2O)cc1I.OC[C@H]1O[C@H](O)[C@H](O)[C@@H](O)[C@H]1O. The number of rotatable bonds is 7. The number of hydrogen-bond acceptors (Lipinski definition) is 15. The maximum atomic E-state index is 11.8. The van der Waals surface area contributed by atoms with E-state index < -0.39 is 95.4 Å². The van der Waals surface area contributed by atoms with Crippen molar-refractivity contribution >= 4 is 38.2 Å². The van der Waals surface area contributed by atoms with Crippen LogP contribution in [-0.2, 0) is 27.4 Å². The van der Waals surface area contributed by atoms with E-state index in [1.165, 1.54) is 0 Å². The van der Waals surface area contributed by atoms with Crippen molar-refractivity contribution in [2.75, 3.05) is 13.2 Å². The molecule has 1 aromatic rings. The lowest BCUT2D eigenvalue weighted by molar-refractivity contribution is -0.286. The average Bonchev–Trinajstić information content (AvgIpc) is 3.08. The number of ether oxygens (including phenoxy) is 2. The highest BCUT2D eigenvalue weighted by Crippen LogP contribution is 2.57. The van der Waals surface area contributed by atoms with Gasteiger partial charge in [0, 0.05) is 6.20 Å². The van der Waals surface area contributed by atoms with Crippen molar-refractivity contribution in [1.82, 2.24) is 9.55 Å². The topological polar surface area (TPSA) is 328 Å². The third-order valence-corrected chi connectivity index (χ3v) is 7.93. The van der Waals surface area contributed by atoms with Gasteiger partial charge in [0.2, 0.25) is 0 Å². The summed E-state index contributed by atoms with van der Waals surface area (Å²) in [4.78, 5) is 51.3. The Labute approximate surface area is 224 Å². The summed E-state index contributed by atoms with van der Waals surface area (Å²) in [6.07, 6.45) is -12.2. The zero-order valence-electron chi connectivity index (χ0n) is 18.6.